The minimum Gasteiger partial charge on any atom is -0.507 e. The van der Waals surface area contributed by atoms with Gasteiger partial charge in [-0.3, -0.25) is 0 Å². The van der Waals surface area contributed by atoms with Gasteiger partial charge in [0.2, 0.25) is 0 Å². The Bertz CT molecular complexity index is 586. The van der Waals surface area contributed by atoms with E-state index in [0.717, 1.165) is 5.56 Å². The lowest BCUT2D eigenvalue weighted by Gasteiger charge is -2.03. The molecule has 0 atom stereocenters. The van der Waals surface area contributed by atoms with E-state index in [4.69, 9.17) is 5.11 Å². The molecule has 0 unspecified atom stereocenters. The van der Waals surface area contributed by atoms with Crippen LogP contribution in [0, 0.1) is 0 Å². The van der Waals surface area contributed by atoms with Crippen LogP contribution in [0.2, 0.25) is 0 Å². The SMILES string of the molecule is O=C(O)c1cccc(O)c1C=Cc1ccccc1. The third-order valence-electron chi connectivity index (χ3n) is 2.56. The van der Waals surface area contributed by atoms with Crippen LogP contribution < -0.4 is 0 Å². The molecule has 0 spiro atoms. The highest BCUT2D eigenvalue weighted by Gasteiger charge is 2.10. The maximum atomic E-state index is 11.0. The fraction of sp³-hybridized carbons (Fsp3) is 0. The van der Waals surface area contributed by atoms with Crippen LogP contribution in [0.1, 0.15) is 21.5 Å². The van der Waals surface area contributed by atoms with Crippen LogP contribution >= 0.6 is 0 Å². The van der Waals surface area contributed by atoms with Gasteiger partial charge < -0.3 is 10.2 Å². The van der Waals surface area contributed by atoms with Gasteiger partial charge in [0.25, 0.3) is 0 Å². The molecule has 3 nitrogen and oxygen atoms in total. The zero-order valence-corrected chi connectivity index (χ0v) is 9.58. The minimum atomic E-state index is -1.06. The summed E-state index contributed by atoms with van der Waals surface area (Å²) in [4.78, 5) is 11.0. The maximum Gasteiger partial charge on any atom is 0.336 e. The Morgan fingerprint density at radius 2 is 1.67 bits per heavy atom. The molecule has 2 aromatic rings. The summed E-state index contributed by atoms with van der Waals surface area (Å²) in [6, 6.07) is 13.9. The van der Waals surface area contributed by atoms with E-state index in [1.807, 2.05) is 30.3 Å². The molecule has 3 heteroatoms. The number of benzene rings is 2. The van der Waals surface area contributed by atoms with Crippen LogP contribution in [0.3, 0.4) is 0 Å². The van der Waals surface area contributed by atoms with Crippen molar-refractivity contribution in [1.82, 2.24) is 0 Å². The molecule has 2 aromatic carbocycles. The summed E-state index contributed by atoms with van der Waals surface area (Å²) >= 11 is 0. The first-order valence-electron chi connectivity index (χ1n) is 5.47. The third-order valence-corrected chi connectivity index (χ3v) is 2.56. The molecular weight excluding hydrogens is 228 g/mol. The topological polar surface area (TPSA) is 57.5 Å². The second-order valence-electron chi connectivity index (χ2n) is 3.79. The van der Waals surface area contributed by atoms with E-state index in [1.165, 1.54) is 18.2 Å². The molecule has 2 N–H and O–H groups in total. The van der Waals surface area contributed by atoms with Gasteiger partial charge in [-0.2, -0.15) is 0 Å². The van der Waals surface area contributed by atoms with Crippen LogP contribution in [0.4, 0.5) is 0 Å². The zero-order valence-electron chi connectivity index (χ0n) is 9.58. The Hall–Kier alpha value is -2.55. The van der Waals surface area contributed by atoms with Gasteiger partial charge in [0.15, 0.2) is 0 Å². The van der Waals surface area contributed by atoms with Gasteiger partial charge in [0, 0.05) is 5.56 Å². The van der Waals surface area contributed by atoms with Gasteiger partial charge in [-0.25, -0.2) is 4.79 Å². The van der Waals surface area contributed by atoms with Crippen LogP contribution in [-0.4, -0.2) is 16.2 Å². The number of carbonyl (C=O) groups is 1. The molecule has 0 aliphatic carbocycles. The average molecular weight is 240 g/mol. The van der Waals surface area contributed by atoms with E-state index in [-0.39, 0.29) is 11.3 Å². The summed E-state index contributed by atoms with van der Waals surface area (Å²) < 4.78 is 0. The van der Waals surface area contributed by atoms with Crippen molar-refractivity contribution in [2.75, 3.05) is 0 Å². The predicted octanol–water partition coefficient (Wildman–Crippen LogP) is 3.26. The Kier molecular flexibility index (Phi) is 3.44. The molecule has 0 aromatic heterocycles. The number of hydrogen-bond acceptors (Lipinski definition) is 2. The second kappa shape index (κ2) is 5.19. The predicted molar refractivity (Wildman–Crippen MR) is 70.4 cm³/mol. The van der Waals surface area contributed by atoms with Crippen LogP contribution in [0.25, 0.3) is 12.2 Å². The van der Waals surface area contributed by atoms with Crippen LogP contribution in [0.5, 0.6) is 5.75 Å². The summed E-state index contributed by atoms with van der Waals surface area (Å²) in [5.41, 5.74) is 1.34. The van der Waals surface area contributed by atoms with Crippen molar-refractivity contribution >= 4 is 18.1 Å². The van der Waals surface area contributed by atoms with E-state index < -0.39 is 5.97 Å². The van der Waals surface area contributed by atoms with Crippen molar-refractivity contribution in [3.05, 3.63) is 65.2 Å². The summed E-state index contributed by atoms with van der Waals surface area (Å²) in [6.07, 6.45) is 3.37. The number of aromatic carboxylic acids is 1. The minimum absolute atomic E-state index is 0.0397. The first-order valence-corrected chi connectivity index (χ1v) is 5.47. The first-order chi connectivity index (χ1) is 8.68. The van der Waals surface area contributed by atoms with Gasteiger partial charge in [-0.1, -0.05) is 42.5 Å². The maximum absolute atomic E-state index is 11.0. The van der Waals surface area contributed by atoms with Gasteiger partial charge in [-0.15, -0.1) is 0 Å². The molecule has 90 valence electrons. The Labute approximate surface area is 105 Å². The lowest BCUT2D eigenvalue weighted by atomic mass is 10.0. The molecule has 0 amide bonds. The second-order valence-corrected chi connectivity index (χ2v) is 3.79. The Morgan fingerprint density at radius 1 is 0.944 bits per heavy atom. The number of hydrogen-bond donors (Lipinski definition) is 2. The Balaban J connectivity index is 2.40. The van der Waals surface area contributed by atoms with Gasteiger partial charge in [0.05, 0.1) is 5.56 Å². The van der Waals surface area contributed by atoms with E-state index in [1.54, 1.807) is 12.2 Å². The molecule has 0 aliphatic rings. The quantitative estimate of drug-likeness (QED) is 0.809. The van der Waals surface area contributed by atoms with Gasteiger partial charge in [0.1, 0.15) is 5.75 Å². The molecular formula is C15H12O3. The first kappa shape index (κ1) is 11.9. The standard InChI is InChI=1S/C15H12O3/c16-14-8-4-7-13(15(17)18)12(14)10-9-11-5-2-1-3-6-11/h1-10,16H,(H,17,18). The van der Waals surface area contributed by atoms with E-state index in [9.17, 15) is 9.90 Å². The lowest BCUT2D eigenvalue weighted by Crippen LogP contribution is -1.99. The number of aromatic hydroxyl groups is 1. The van der Waals surface area contributed by atoms with Crippen molar-refractivity contribution in [3.8, 4) is 5.75 Å². The van der Waals surface area contributed by atoms with E-state index >= 15 is 0 Å². The van der Waals surface area contributed by atoms with Crippen molar-refractivity contribution in [1.29, 1.82) is 0 Å². The molecule has 2 rings (SSSR count). The summed E-state index contributed by atoms with van der Waals surface area (Å²) in [5, 5.41) is 18.7. The molecule has 0 saturated heterocycles. The summed E-state index contributed by atoms with van der Waals surface area (Å²) in [7, 11) is 0. The van der Waals surface area contributed by atoms with Crippen molar-refractivity contribution < 1.29 is 15.0 Å². The van der Waals surface area contributed by atoms with E-state index in [0.29, 0.717) is 5.56 Å². The number of phenolic OH excluding ortho intramolecular Hbond substituents is 1. The highest BCUT2D eigenvalue weighted by atomic mass is 16.4. The van der Waals surface area contributed by atoms with Crippen molar-refractivity contribution in [3.63, 3.8) is 0 Å². The molecule has 0 aliphatic heterocycles. The van der Waals surface area contributed by atoms with Gasteiger partial charge >= 0.3 is 5.97 Å². The van der Waals surface area contributed by atoms with Crippen molar-refractivity contribution in [2.45, 2.75) is 0 Å². The molecule has 0 fully saturated rings. The van der Waals surface area contributed by atoms with Gasteiger partial charge in [-0.05, 0) is 23.8 Å². The van der Waals surface area contributed by atoms with Crippen LogP contribution in [0.15, 0.2) is 48.5 Å². The Morgan fingerprint density at radius 3 is 2.33 bits per heavy atom. The molecule has 0 bridgehead atoms. The fourth-order valence-corrected chi connectivity index (χ4v) is 1.66. The highest BCUT2D eigenvalue weighted by molar-refractivity contribution is 5.94. The lowest BCUT2D eigenvalue weighted by molar-refractivity contribution is 0.0696. The molecule has 0 heterocycles. The fourth-order valence-electron chi connectivity index (χ4n) is 1.66. The molecule has 0 saturated carbocycles. The number of carboxylic acid groups (broad SMARTS) is 1. The monoisotopic (exact) mass is 240 g/mol. The average Bonchev–Trinajstić information content (AvgIpc) is 2.38. The normalized spacial score (nSPS) is 10.7. The molecule has 18 heavy (non-hydrogen) atoms. The largest absolute Gasteiger partial charge is 0.507 e. The van der Waals surface area contributed by atoms with E-state index in [2.05, 4.69) is 0 Å². The third kappa shape index (κ3) is 2.58. The van der Waals surface area contributed by atoms with Crippen molar-refractivity contribution in [2.24, 2.45) is 0 Å². The smallest absolute Gasteiger partial charge is 0.336 e. The summed E-state index contributed by atoms with van der Waals surface area (Å²) in [5.74, 6) is -1.10. The van der Waals surface area contributed by atoms with Crippen LogP contribution in [-0.2, 0) is 0 Å². The number of phenols is 1. The number of rotatable bonds is 3. The summed E-state index contributed by atoms with van der Waals surface area (Å²) in [6.45, 7) is 0. The highest BCUT2D eigenvalue weighted by Crippen LogP contribution is 2.23. The zero-order chi connectivity index (χ0) is 13.0. The number of carboxylic acids is 1. The molecule has 0 radical (unpaired) electrons.